The predicted molar refractivity (Wildman–Crippen MR) is 120 cm³/mol. The van der Waals surface area contributed by atoms with Gasteiger partial charge in [-0.25, -0.2) is 9.59 Å². The first-order valence-electron chi connectivity index (χ1n) is 10.3. The van der Waals surface area contributed by atoms with Crippen LogP contribution in [0, 0.1) is 5.92 Å². The van der Waals surface area contributed by atoms with Crippen LogP contribution in [0.3, 0.4) is 0 Å². The summed E-state index contributed by atoms with van der Waals surface area (Å²) in [6.07, 6.45) is 4.85. The van der Waals surface area contributed by atoms with Gasteiger partial charge < -0.3 is 20.0 Å². The second kappa shape index (κ2) is 12.4. The minimum absolute atomic E-state index is 0.0956. The van der Waals surface area contributed by atoms with Gasteiger partial charge in [-0.3, -0.25) is 9.78 Å². The van der Waals surface area contributed by atoms with Crippen LogP contribution in [0.2, 0.25) is 0 Å². The maximum Gasteiger partial charge on any atom is 0.328 e. The summed E-state index contributed by atoms with van der Waals surface area (Å²) in [5, 5.41) is 15.6. The summed E-state index contributed by atoms with van der Waals surface area (Å²) in [4.78, 5) is 40.2. The molecule has 8 heteroatoms. The molecular formula is C24H29N3O5. The van der Waals surface area contributed by atoms with Gasteiger partial charge >= 0.3 is 11.9 Å². The molecule has 2 heterocycles. The van der Waals surface area contributed by atoms with Crippen molar-refractivity contribution in [3.8, 4) is 0 Å². The molecule has 2 N–H and O–H groups in total. The fourth-order valence-electron chi connectivity index (χ4n) is 3.52. The number of carbonyl (C=O) groups excluding carboxylic acids is 1. The third kappa shape index (κ3) is 8.31. The summed E-state index contributed by atoms with van der Waals surface area (Å²) in [5.74, 6) is -1.97. The third-order valence-electron chi connectivity index (χ3n) is 5.06. The van der Waals surface area contributed by atoms with E-state index in [1.807, 2.05) is 30.1 Å². The van der Waals surface area contributed by atoms with Gasteiger partial charge in [0.05, 0.1) is 11.3 Å². The monoisotopic (exact) mass is 439 g/mol. The van der Waals surface area contributed by atoms with Crippen molar-refractivity contribution < 1.29 is 24.6 Å². The molecule has 0 bridgehead atoms. The van der Waals surface area contributed by atoms with Gasteiger partial charge in [0, 0.05) is 38.5 Å². The quantitative estimate of drug-likeness (QED) is 0.638. The predicted octanol–water partition coefficient (Wildman–Crippen LogP) is 2.56. The molecule has 1 aromatic heterocycles. The smallest absolute Gasteiger partial charge is 0.328 e. The number of pyridine rings is 1. The lowest BCUT2D eigenvalue weighted by molar-refractivity contribution is -0.134. The summed E-state index contributed by atoms with van der Waals surface area (Å²) in [7, 11) is 4.05. The molecule has 0 spiro atoms. The van der Waals surface area contributed by atoms with Crippen LogP contribution < -0.4 is 0 Å². The third-order valence-corrected chi connectivity index (χ3v) is 5.06. The van der Waals surface area contributed by atoms with Gasteiger partial charge in [0.1, 0.15) is 0 Å². The van der Waals surface area contributed by atoms with E-state index in [2.05, 4.69) is 41.2 Å². The van der Waals surface area contributed by atoms with Crippen molar-refractivity contribution in [1.82, 2.24) is 14.8 Å². The first kappa shape index (κ1) is 24.7. The highest BCUT2D eigenvalue weighted by atomic mass is 16.4. The largest absolute Gasteiger partial charge is 0.478 e. The Morgan fingerprint density at radius 2 is 1.78 bits per heavy atom. The number of carbonyl (C=O) groups is 3. The Labute approximate surface area is 187 Å². The van der Waals surface area contributed by atoms with Gasteiger partial charge in [-0.15, -0.1) is 0 Å². The van der Waals surface area contributed by atoms with E-state index in [1.54, 1.807) is 6.20 Å². The van der Waals surface area contributed by atoms with E-state index >= 15 is 0 Å². The van der Waals surface area contributed by atoms with Crippen LogP contribution in [0.1, 0.15) is 28.0 Å². The summed E-state index contributed by atoms with van der Waals surface area (Å²) < 4.78 is 0. The number of hydrogen-bond acceptors (Lipinski definition) is 5. The Kier molecular flexibility index (Phi) is 9.56. The van der Waals surface area contributed by atoms with E-state index in [4.69, 9.17) is 10.2 Å². The number of fused-ring (bicyclic) bond motifs is 1. The van der Waals surface area contributed by atoms with Crippen molar-refractivity contribution >= 4 is 17.8 Å². The highest BCUT2D eigenvalue weighted by Crippen LogP contribution is 2.22. The number of carboxylic acid groups (broad SMARTS) is 2. The van der Waals surface area contributed by atoms with E-state index in [-0.39, 0.29) is 5.91 Å². The zero-order valence-corrected chi connectivity index (χ0v) is 18.3. The van der Waals surface area contributed by atoms with Gasteiger partial charge in [0.15, 0.2) is 0 Å². The maximum atomic E-state index is 12.4. The van der Waals surface area contributed by atoms with E-state index in [0.29, 0.717) is 18.1 Å². The number of amides is 1. The molecule has 32 heavy (non-hydrogen) atoms. The Morgan fingerprint density at radius 1 is 1.12 bits per heavy atom. The molecule has 1 atom stereocenters. The van der Waals surface area contributed by atoms with Gasteiger partial charge in [-0.2, -0.15) is 0 Å². The molecule has 8 nitrogen and oxygen atoms in total. The number of aliphatic carboxylic acids is 2. The molecular weight excluding hydrogens is 410 g/mol. The lowest BCUT2D eigenvalue weighted by Gasteiger charge is -2.23. The fraction of sp³-hybridized carbons (Fsp3) is 0.333. The zero-order chi connectivity index (χ0) is 23.5. The van der Waals surface area contributed by atoms with Crippen LogP contribution in [0.4, 0.5) is 0 Å². The van der Waals surface area contributed by atoms with Crippen molar-refractivity contribution in [2.24, 2.45) is 5.92 Å². The van der Waals surface area contributed by atoms with Crippen LogP contribution in [0.25, 0.3) is 0 Å². The van der Waals surface area contributed by atoms with Crippen LogP contribution in [-0.4, -0.2) is 70.0 Å². The number of carboxylic acids is 2. The number of benzene rings is 1. The molecule has 1 unspecified atom stereocenters. The Hall–Kier alpha value is -3.52. The molecule has 1 aromatic carbocycles. The highest BCUT2D eigenvalue weighted by Gasteiger charge is 2.26. The van der Waals surface area contributed by atoms with Crippen molar-refractivity contribution in [3.63, 3.8) is 0 Å². The lowest BCUT2D eigenvalue weighted by Crippen LogP contribution is -2.31. The molecule has 0 fully saturated rings. The van der Waals surface area contributed by atoms with E-state index in [1.165, 1.54) is 5.56 Å². The first-order valence-corrected chi connectivity index (χ1v) is 10.3. The molecule has 0 radical (unpaired) electrons. The van der Waals surface area contributed by atoms with Crippen LogP contribution >= 0.6 is 0 Å². The number of hydrogen-bond donors (Lipinski definition) is 2. The Morgan fingerprint density at radius 3 is 2.41 bits per heavy atom. The lowest BCUT2D eigenvalue weighted by atomic mass is 9.98. The number of rotatable bonds is 7. The summed E-state index contributed by atoms with van der Waals surface area (Å²) in [6, 6.07) is 14.3. The van der Waals surface area contributed by atoms with E-state index < -0.39 is 11.9 Å². The molecule has 0 saturated heterocycles. The van der Waals surface area contributed by atoms with Crippen LogP contribution in [0.15, 0.2) is 60.8 Å². The van der Waals surface area contributed by atoms with Crippen LogP contribution in [0.5, 0.6) is 0 Å². The van der Waals surface area contributed by atoms with Gasteiger partial charge in [-0.1, -0.05) is 30.3 Å². The zero-order valence-electron chi connectivity index (χ0n) is 18.3. The molecule has 0 aliphatic carbocycles. The molecule has 1 amide bonds. The van der Waals surface area contributed by atoms with Gasteiger partial charge in [0.25, 0.3) is 5.91 Å². The molecule has 1 aliphatic heterocycles. The second-order valence-corrected chi connectivity index (χ2v) is 7.78. The summed E-state index contributed by atoms with van der Waals surface area (Å²) >= 11 is 0. The number of aromatic nitrogens is 1. The summed E-state index contributed by atoms with van der Waals surface area (Å²) in [6.45, 7) is 2.77. The van der Waals surface area contributed by atoms with Crippen molar-refractivity contribution in [3.05, 3.63) is 77.6 Å². The van der Waals surface area contributed by atoms with Gasteiger partial charge in [0.2, 0.25) is 0 Å². The molecule has 2 aromatic rings. The second-order valence-electron chi connectivity index (χ2n) is 7.78. The minimum atomic E-state index is -1.26. The fourth-order valence-corrected chi connectivity index (χ4v) is 3.52. The standard InChI is InChI=1S/C20H25N3O.C4H4O4/c1-22(14-16-7-4-3-5-8-16)12-10-17-13-19-18(9-6-11-21-19)20(24)23(2)15-17;5-3(6)1-2-4(7)8/h3-9,11,17H,10,12-15H2,1-2H3;1-2H,(H,5,6)(H,7,8). The van der Waals surface area contributed by atoms with Gasteiger partial charge in [-0.05, 0) is 50.0 Å². The van der Waals surface area contributed by atoms with E-state index in [9.17, 15) is 14.4 Å². The average Bonchev–Trinajstić information content (AvgIpc) is 2.88. The Balaban J connectivity index is 0.000000390. The maximum absolute atomic E-state index is 12.4. The molecule has 1 aliphatic rings. The van der Waals surface area contributed by atoms with Crippen LogP contribution in [-0.2, 0) is 22.6 Å². The average molecular weight is 440 g/mol. The molecule has 3 rings (SSSR count). The van der Waals surface area contributed by atoms with Crippen molar-refractivity contribution in [2.75, 3.05) is 27.2 Å². The summed E-state index contributed by atoms with van der Waals surface area (Å²) in [5.41, 5.74) is 3.04. The van der Waals surface area contributed by atoms with Crippen molar-refractivity contribution in [2.45, 2.75) is 19.4 Å². The molecule has 0 saturated carbocycles. The molecule has 170 valence electrons. The normalized spacial score (nSPS) is 15.7. The highest BCUT2D eigenvalue weighted by molar-refractivity contribution is 5.95. The number of nitrogens with zero attached hydrogens (tertiary/aromatic N) is 3. The van der Waals surface area contributed by atoms with E-state index in [0.717, 1.165) is 43.7 Å². The Bertz CT molecular complexity index is 930. The van der Waals surface area contributed by atoms with Crippen molar-refractivity contribution in [1.29, 1.82) is 0 Å². The minimum Gasteiger partial charge on any atom is -0.478 e. The first-order chi connectivity index (χ1) is 15.3. The topological polar surface area (TPSA) is 111 Å². The SMILES string of the molecule is CN(CCC1Cc2ncccc2C(=O)N(C)C1)Cc1ccccc1.O=C(O)C=CC(=O)O.